The quantitative estimate of drug-likeness (QED) is 0.316. The fourth-order valence-electron chi connectivity index (χ4n) is 0.364. The van der Waals surface area contributed by atoms with Gasteiger partial charge in [-0.3, -0.25) is 10.2 Å². The number of hydrogen-bond donors (Lipinski definition) is 2. The van der Waals surface area contributed by atoms with Crippen molar-refractivity contribution in [3.05, 3.63) is 4.91 Å². The summed E-state index contributed by atoms with van der Waals surface area (Å²) >= 11 is 0. The summed E-state index contributed by atoms with van der Waals surface area (Å²) in [7, 11) is 0. The van der Waals surface area contributed by atoms with Gasteiger partial charge < -0.3 is 5.11 Å². The molecule has 0 radical (unpaired) electrons. The molecule has 0 heterocycles. The lowest BCUT2D eigenvalue weighted by atomic mass is 10.3. The molecule has 9 heavy (non-hydrogen) atoms. The molecule has 0 aliphatic carbocycles. The van der Waals surface area contributed by atoms with Crippen molar-refractivity contribution in [1.82, 2.24) is 5.43 Å². The van der Waals surface area contributed by atoms with Gasteiger partial charge in [0, 0.05) is 18.3 Å². The molecule has 2 N–H and O–H groups in total. The van der Waals surface area contributed by atoms with Crippen molar-refractivity contribution in [2.24, 2.45) is 5.29 Å². The molecule has 0 aliphatic heterocycles. The Bertz CT molecular complexity index is 104. The fourth-order valence-corrected chi connectivity index (χ4v) is 0.364. The normalized spacial score (nSPS) is 8.44. The second-order valence-electron chi connectivity index (χ2n) is 1.50. The molecule has 0 fully saturated rings. The van der Waals surface area contributed by atoms with E-state index in [-0.39, 0.29) is 6.42 Å². The van der Waals surface area contributed by atoms with E-state index in [0.29, 0.717) is 13.0 Å². The molecule has 5 heteroatoms. The number of nitroso groups, excluding NO2 is 1. The second-order valence-corrected chi connectivity index (χ2v) is 1.50. The average Bonchev–Trinajstić information content (AvgIpc) is 1.80. The van der Waals surface area contributed by atoms with Crippen LogP contribution in [-0.2, 0) is 4.79 Å². The minimum absolute atomic E-state index is 0.0719. The van der Waals surface area contributed by atoms with Crippen LogP contribution in [0.3, 0.4) is 0 Å². The number of hydrogen-bond acceptors (Lipinski definition) is 3. The Balaban J connectivity index is 2.91. The SMILES string of the molecule is O=NNCCCC(=O)O. The lowest BCUT2D eigenvalue weighted by Gasteiger charge is -1.91. The minimum Gasteiger partial charge on any atom is -0.481 e. The Labute approximate surface area is 52.0 Å². The van der Waals surface area contributed by atoms with Gasteiger partial charge in [-0.15, -0.1) is 4.91 Å². The Morgan fingerprint density at radius 2 is 2.33 bits per heavy atom. The second kappa shape index (κ2) is 5.02. The first-order valence-corrected chi connectivity index (χ1v) is 2.54. The molecule has 0 spiro atoms. The number of carboxylic acid groups (broad SMARTS) is 1. The summed E-state index contributed by atoms with van der Waals surface area (Å²) in [6, 6.07) is 0. The topological polar surface area (TPSA) is 78.8 Å². The van der Waals surface area contributed by atoms with E-state index in [2.05, 4.69) is 10.7 Å². The van der Waals surface area contributed by atoms with Crippen LogP contribution < -0.4 is 5.43 Å². The van der Waals surface area contributed by atoms with E-state index in [0.717, 1.165) is 0 Å². The van der Waals surface area contributed by atoms with Crippen LogP contribution in [0.4, 0.5) is 0 Å². The zero-order valence-electron chi connectivity index (χ0n) is 4.83. The predicted molar refractivity (Wildman–Crippen MR) is 30.7 cm³/mol. The van der Waals surface area contributed by atoms with Crippen molar-refractivity contribution in [2.45, 2.75) is 12.8 Å². The Morgan fingerprint density at radius 3 is 2.78 bits per heavy atom. The van der Waals surface area contributed by atoms with Crippen molar-refractivity contribution in [3.8, 4) is 0 Å². The molecular weight excluding hydrogens is 124 g/mol. The standard InChI is InChI=1S/C4H8N2O3/c7-4(8)2-1-3-5-6-9/h1-3H2,(H,5,9)(H,7,8). The largest absolute Gasteiger partial charge is 0.481 e. The summed E-state index contributed by atoms with van der Waals surface area (Å²) in [5, 5.41) is 10.4. The van der Waals surface area contributed by atoms with Gasteiger partial charge in [0.25, 0.3) is 0 Å². The molecule has 0 unspecified atom stereocenters. The van der Waals surface area contributed by atoms with Crippen molar-refractivity contribution >= 4 is 5.97 Å². The summed E-state index contributed by atoms with van der Waals surface area (Å²) < 4.78 is 0. The molecule has 0 rings (SSSR count). The van der Waals surface area contributed by atoms with Crippen LogP contribution in [0.5, 0.6) is 0 Å². The van der Waals surface area contributed by atoms with Crippen molar-refractivity contribution in [1.29, 1.82) is 0 Å². The molecule has 0 amide bonds. The predicted octanol–water partition coefficient (Wildman–Crippen LogP) is 0.122. The van der Waals surface area contributed by atoms with Crippen LogP contribution in [-0.4, -0.2) is 17.6 Å². The summed E-state index contributed by atoms with van der Waals surface area (Å²) in [6.07, 6.45) is 0.504. The van der Waals surface area contributed by atoms with Crippen molar-refractivity contribution in [2.75, 3.05) is 6.54 Å². The molecule has 0 aromatic rings. The highest BCUT2D eigenvalue weighted by Gasteiger charge is 1.93. The van der Waals surface area contributed by atoms with Gasteiger partial charge in [-0.25, -0.2) is 0 Å². The molecule has 0 aliphatic rings. The van der Waals surface area contributed by atoms with Crippen LogP contribution in [0.15, 0.2) is 5.29 Å². The van der Waals surface area contributed by atoms with Gasteiger partial charge in [0.1, 0.15) is 0 Å². The van der Waals surface area contributed by atoms with Crippen molar-refractivity contribution in [3.63, 3.8) is 0 Å². The molecular formula is C4H8N2O3. The van der Waals surface area contributed by atoms with Gasteiger partial charge in [-0.05, 0) is 6.42 Å². The molecule has 0 saturated heterocycles. The number of rotatable bonds is 5. The lowest BCUT2D eigenvalue weighted by molar-refractivity contribution is -0.137. The van der Waals surface area contributed by atoms with Crippen LogP contribution in [0.25, 0.3) is 0 Å². The Morgan fingerprint density at radius 1 is 1.67 bits per heavy atom. The zero-order chi connectivity index (χ0) is 7.11. The first kappa shape index (κ1) is 7.87. The van der Waals surface area contributed by atoms with Gasteiger partial charge >= 0.3 is 5.97 Å². The average molecular weight is 132 g/mol. The van der Waals surface area contributed by atoms with Gasteiger partial charge in [0.15, 0.2) is 0 Å². The zero-order valence-corrected chi connectivity index (χ0v) is 4.83. The molecule has 5 nitrogen and oxygen atoms in total. The van der Waals surface area contributed by atoms with Crippen LogP contribution in [0, 0.1) is 4.91 Å². The Kier molecular flexibility index (Phi) is 4.39. The third-order valence-corrected chi connectivity index (χ3v) is 0.744. The maximum atomic E-state index is 9.83. The van der Waals surface area contributed by atoms with E-state index in [1.165, 1.54) is 0 Å². The minimum atomic E-state index is -0.859. The summed E-state index contributed by atoms with van der Waals surface area (Å²) in [5.41, 5.74) is 2.11. The number of nitrogens with one attached hydrogen (secondary N) is 1. The van der Waals surface area contributed by atoms with E-state index >= 15 is 0 Å². The molecule has 52 valence electrons. The lowest BCUT2D eigenvalue weighted by Crippen LogP contribution is -2.07. The smallest absolute Gasteiger partial charge is 0.303 e. The van der Waals surface area contributed by atoms with Crippen LogP contribution in [0.1, 0.15) is 12.8 Å². The number of aliphatic carboxylic acids is 1. The molecule has 0 atom stereocenters. The Hall–Kier alpha value is -1.13. The summed E-state index contributed by atoms with van der Waals surface area (Å²) in [6.45, 7) is 0.329. The highest BCUT2D eigenvalue weighted by atomic mass is 16.4. The maximum Gasteiger partial charge on any atom is 0.303 e. The maximum absolute atomic E-state index is 9.83. The van der Waals surface area contributed by atoms with Gasteiger partial charge in [-0.1, -0.05) is 0 Å². The highest BCUT2D eigenvalue weighted by Crippen LogP contribution is 1.84. The van der Waals surface area contributed by atoms with E-state index in [1.807, 2.05) is 0 Å². The van der Waals surface area contributed by atoms with Gasteiger partial charge in [0.2, 0.25) is 0 Å². The van der Waals surface area contributed by atoms with Crippen molar-refractivity contribution < 1.29 is 9.90 Å². The van der Waals surface area contributed by atoms with Gasteiger partial charge in [-0.2, -0.15) is 0 Å². The monoisotopic (exact) mass is 132 g/mol. The van der Waals surface area contributed by atoms with Crippen LogP contribution in [0.2, 0.25) is 0 Å². The summed E-state index contributed by atoms with van der Waals surface area (Å²) in [5.74, 6) is -0.859. The number of carbonyl (C=O) groups is 1. The first-order valence-electron chi connectivity index (χ1n) is 2.54. The third-order valence-electron chi connectivity index (χ3n) is 0.744. The van der Waals surface area contributed by atoms with Crippen LogP contribution >= 0.6 is 0 Å². The van der Waals surface area contributed by atoms with Gasteiger partial charge in [0.05, 0.1) is 0 Å². The first-order chi connectivity index (χ1) is 4.27. The third kappa shape index (κ3) is 6.87. The molecule has 0 aromatic heterocycles. The van der Waals surface area contributed by atoms with E-state index in [4.69, 9.17) is 5.11 Å². The molecule has 0 aromatic carbocycles. The highest BCUT2D eigenvalue weighted by molar-refractivity contribution is 5.66. The van der Waals surface area contributed by atoms with E-state index < -0.39 is 5.97 Å². The number of nitrogens with zero attached hydrogens (tertiary/aromatic N) is 1. The fraction of sp³-hybridized carbons (Fsp3) is 0.750. The summed E-state index contributed by atoms with van der Waals surface area (Å²) in [4.78, 5) is 19.2. The molecule has 0 saturated carbocycles. The molecule has 0 bridgehead atoms. The van der Waals surface area contributed by atoms with E-state index in [1.54, 1.807) is 0 Å². The van der Waals surface area contributed by atoms with E-state index in [9.17, 15) is 9.70 Å². The number of carboxylic acids is 1.